The van der Waals surface area contributed by atoms with Gasteiger partial charge in [0.2, 0.25) is 5.91 Å². The number of nitrogens with one attached hydrogen (secondary N) is 2. The van der Waals surface area contributed by atoms with E-state index in [1.165, 1.54) is 16.9 Å². The largest absolute Gasteiger partial charge is 0.405 e. The lowest BCUT2D eigenvalue weighted by Crippen LogP contribution is -2.40. The molecule has 0 aliphatic rings. The predicted octanol–water partition coefficient (Wildman–Crippen LogP) is 3.67. The van der Waals surface area contributed by atoms with Crippen LogP contribution in [0, 0.1) is 0 Å². The van der Waals surface area contributed by atoms with Crippen LogP contribution in [0.5, 0.6) is 0 Å². The summed E-state index contributed by atoms with van der Waals surface area (Å²) in [6, 6.07) is 11.6. The third kappa shape index (κ3) is 5.65. The van der Waals surface area contributed by atoms with E-state index < -0.39 is 18.6 Å². The van der Waals surface area contributed by atoms with Crippen molar-refractivity contribution < 1.29 is 18.0 Å². The van der Waals surface area contributed by atoms with E-state index in [0.29, 0.717) is 0 Å². The molecule has 3 nitrogen and oxygen atoms in total. The molecule has 1 heterocycles. The van der Waals surface area contributed by atoms with Gasteiger partial charge < -0.3 is 5.32 Å². The van der Waals surface area contributed by atoms with Crippen LogP contribution in [0.3, 0.4) is 0 Å². The van der Waals surface area contributed by atoms with E-state index in [-0.39, 0.29) is 12.6 Å². The van der Waals surface area contributed by atoms with Gasteiger partial charge in [0.25, 0.3) is 0 Å². The second-order valence-electron chi connectivity index (χ2n) is 5.32. The molecule has 24 heavy (non-hydrogen) atoms. The Hall–Kier alpha value is -1.86. The van der Waals surface area contributed by atoms with Gasteiger partial charge in [0.1, 0.15) is 6.54 Å². The molecule has 1 atom stereocenters. The Morgan fingerprint density at radius 1 is 1.21 bits per heavy atom. The number of amides is 1. The molecule has 0 saturated heterocycles. The van der Waals surface area contributed by atoms with Crippen LogP contribution in [0.2, 0.25) is 0 Å². The molecule has 0 aliphatic heterocycles. The standard InChI is InChI=1S/C17H19F3N2OS/c1-2-12-5-7-13(8-6-12)16(14-4-3-9-24-14)21-10-15(23)22-11-17(18,19)20/h3-9,16,21H,2,10-11H2,1H3,(H,22,23)/t16-/m1/s1. The number of rotatable bonds is 7. The van der Waals surface area contributed by atoms with Crippen molar-refractivity contribution in [3.05, 3.63) is 57.8 Å². The number of benzene rings is 1. The quantitative estimate of drug-likeness (QED) is 0.795. The van der Waals surface area contributed by atoms with E-state index in [9.17, 15) is 18.0 Å². The third-order valence-corrected chi connectivity index (χ3v) is 4.44. The molecule has 0 bridgehead atoms. The highest BCUT2D eigenvalue weighted by Crippen LogP contribution is 2.26. The summed E-state index contributed by atoms with van der Waals surface area (Å²) in [7, 11) is 0. The smallest absolute Gasteiger partial charge is 0.346 e. The van der Waals surface area contributed by atoms with Crippen molar-refractivity contribution >= 4 is 17.2 Å². The zero-order chi connectivity index (χ0) is 17.6. The summed E-state index contributed by atoms with van der Waals surface area (Å²) in [5.41, 5.74) is 2.17. The van der Waals surface area contributed by atoms with Crippen LogP contribution in [0.1, 0.15) is 29.0 Å². The van der Waals surface area contributed by atoms with Gasteiger partial charge in [-0.05, 0) is 29.0 Å². The number of thiophene rings is 1. The Labute approximate surface area is 142 Å². The lowest BCUT2D eigenvalue weighted by atomic mass is 10.0. The lowest BCUT2D eigenvalue weighted by Gasteiger charge is -2.18. The van der Waals surface area contributed by atoms with Crippen molar-refractivity contribution in [3.8, 4) is 0 Å². The highest BCUT2D eigenvalue weighted by Gasteiger charge is 2.27. The second-order valence-corrected chi connectivity index (χ2v) is 6.30. The summed E-state index contributed by atoms with van der Waals surface area (Å²) in [5.74, 6) is -0.681. The van der Waals surface area contributed by atoms with Crippen LogP contribution < -0.4 is 10.6 Å². The first-order valence-electron chi connectivity index (χ1n) is 7.58. The Morgan fingerprint density at radius 3 is 2.46 bits per heavy atom. The number of alkyl halides is 3. The van der Waals surface area contributed by atoms with Gasteiger partial charge in [-0.1, -0.05) is 37.3 Å². The molecule has 0 radical (unpaired) electrons. The predicted molar refractivity (Wildman–Crippen MR) is 89.0 cm³/mol. The van der Waals surface area contributed by atoms with Crippen molar-refractivity contribution in [2.45, 2.75) is 25.6 Å². The van der Waals surface area contributed by atoms with E-state index in [1.807, 2.05) is 47.1 Å². The number of halogens is 3. The van der Waals surface area contributed by atoms with Crippen LogP contribution >= 0.6 is 11.3 Å². The van der Waals surface area contributed by atoms with Gasteiger partial charge in [-0.15, -0.1) is 11.3 Å². The van der Waals surface area contributed by atoms with E-state index in [1.54, 1.807) is 0 Å². The molecule has 0 unspecified atom stereocenters. The summed E-state index contributed by atoms with van der Waals surface area (Å²) in [6.07, 6.45) is -3.48. The summed E-state index contributed by atoms with van der Waals surface area (Å²) < 4.78 is 36.4. The van der Waals surface area contributed by atoms with Crippen LogP contribution in [0.4, 0.5) is 13.2 Å². The molecular formula is C17H19F3N2OS. The molecule has 130 valence electrons. The zero-order valence-corrected chi connectivity index (χ0v) is 14.0. The average Bonchev–Trinajstić information content (AvgIpc) is 3.07. The maximum atomic E-state index is 12.1. The maximum Gasteiger partial charge on any atom is 0.405 e. The number of hydrogen-bond donors (Lipinski definition) is 2. The Bertz CT molecular complexity index is 639. The number of hydrogen-bond acceptors (Lipinski definition) is 3. The van der Waals surface area contributed by atoms with Crippen molar-refractivity contribution in [2.75, 3.05) is 13.1 Å². The molecule has 2 aromatic rings. The number of carbonyl (C=O) groups excluding carboxylic acids is 1. The number of carbonyl (C=O) groups is 1. The molecule has 0 fully saturated rings. The maximum absolute atomic E-state index is 12.1. The molecular weight excluding hydrogens is 337 g/mol. The first-order valence-corrected chi connectivity index (χ1v) is 8.46. The Morgan fingerprint density at radius 2 is 1.92 bits per heavy atom. The zero-order valence-electron chi connectivity index (χ0n) is 13.2. The topological polar surface area (TPSA) is 41.1 Å². The summed E-state index contributed by atoms with van der Waals surface area (Å²) >= 11 is 1.53. The molecule has 1 aromatic carbocycles. The summed E-state index contributed by atoms with van der Waals surface area (Å²) in [4.78, 5) is 12.6. The SMILES string of the molecule is CCc1ccc([C@@H](NCC(=O)NCC(F)(F)F)c2cccs2)cc1. The van der Waals surface area contributed by atoms with Crippen molar-refractivity contribution in [3.63, 3.8) is 0 Å². The average molecular weight is 356 g/mol. The minimum absolute atomic E-state index is 0.186. The van der Waals surface area contributed by atoms with Gasteiger partial charge >= 0.3 is 6.18 Å². The fourth-order valence-corrected chi connectivity index (χ4v) is 3.07. The fraction of sp³-hybridized carbons (Fsp3) is 0.353. The minimum Gasteiger partial charge on any atom is -0.346 e. The van der Waals surface area contributed by atoms with Gasteiger partial charge in [-0.2, -0.15) is 13.2 Å². The lowest BCUT2D eigenvalue weighted by molar-refractivity contribution is -0.137. The molecule has 0 spiro atoms. The second kappa shape index (κ2) is 8.30. The highest BCUT2D eigenvalue weighted by molar-refractivity contribution is 7.10. The number of aryl methyl sites for hydroxylation is 1. The minimum atomic E-state index is -4.40. The van der Waals surface area contributed by atoms with Crippen molar-refractivity contribution in [1.29, 1.82) is 0 Å². The molecule has 2 rings (SSSR count). The Kier molecular flexibility index (Phi) is 6.39. The van der Waals surface area contributed by atoms with Gasteiger partial charge in [-0.3, -0.25) is 10.1 Å². The third-order valence-electron chi connectivity index (χ3n) is 3.50. The van der Waals surface area contributed by atoms with Crippen molar-refractivity contribution in [2.24, 2.45) is 0 Å². The molecule has 0 saturated carbocycles. The molecule has 1 amide bonds. The van der Waals surface area contributed by atoms with E-state index in [0.717, 1.165) is 16.9 Å². The van der Waals surface area contributed by atoms with Crippen LogP contribution in [0.15, 0.2) is 41.8 Å². The van der Waals surface area contributed by atoms with Crippen molar-refractivity contribution in [1.82, 2.24) is 10.6 Å². The van der Waals surface area contributed by atoms with Gasteiger partial charge in [0.15, 0.2) is 0 Å². The van der Waals surface area contributed by atoms with Gasteiger partial charge in [0.05, 0.1) is 12.6 Å². The Balaban J connectivity index is 2.03. The summed E-state index contributed by atoms with van der Waals surface area (Å²) in [5, 5.41) is 6.84. The van der Waals surface area contributed by atoms with Crippen LogP contribution in [-0.4, -0.2) is 25.2 Å². The highest BCUT2D eigenvalue weighted by atomic mass is 32.1. The molecule has 2 N–H and O–H groups in total. The first kappa shape index (κ1) is 18.5. The first-order chi connectivity index (χ1) is 11.4. The van der Waals surface area contributed by atoms with E-state index in [2.05, 4.69) is 12.2 Å². The van der Waals surface area contributed by atoms with Gasteiger partial charge in [0, 0.05) is 4.88 Å². The van der Waals surface area contributed by atoms with E-state index >= 15 is 0 Å². The van der Waals surface area contributed by atoms with Gasteiger partial charge in [-0.25, -0.2) is 0 Å². The van der Waals surface area contributed by atoms with Crippen LogP contribution in [-0.2, 0) is 11.2 Å². The molecule has 0 aliphatic carbocycles. The molecule has 1 aromatic heterocycles. The monoisotopic (exact) mass is 356 g/mol. The van der Waals surface area contributed by atoms with E-state index in [4.69, 9.17) is 0 Å². The van der Waals surface area contributed by atoms with Crippen LogP contribution in [0.25, 0.3) is 0 Å². The molecule has 7 heteroatoms. The normalized spacial score (nSPS) is 12.8. The summed E-state index contributed by atoms with van der Waals surface area (Å²) in [6.45, 7) is 0.561. The fourth-order valence-electron chi connectivity index (χ4n) is 2.24.